The second-order valence-corrected chi connectivity index (χ2v) is 8.22. The van der Waals surface area contributed by atoms with Gasteiger partial charge < -0.3 is 14.8 Å². The molecule has 1 atom stereocenters. The molecule has 1 aliphatic heterocycles. The number of fused-ring (bicyclic) bond motifs is 1. The van der Waals surface area contributed by atoms with E-state index in [1.807, 2.05) is 13.1 Å². The molecule has 1 saturated heterocycles. The lowest BCUT2D eigenvalue weighted by Crippen LogP contribution is -2.49. The number of nitrogens with one attached hydrogen (secondary N) is 1. The summed E-state index contributed by atoms with van der Waals surface area (Å²) in [4.78, 5) is 11.6. The van der Waals surface area contributed by atoms with Crippen molar-refractivity contribution in [1.82, 2.24) is 19.8 Å². The van der Waals surface area contributed by atoms with Crippen LogP contribution in [-0.2, 0) is 6.54 Å². The van der Waals surface area contributed by atoms with E-state index in [1.54, 1.807) is 0 Å². The fourth-order valence-electron chi connectivity index (χ4n) is 3.36. The second kappa shape index (κ2) is 8.13. The minimum atomic E-state index is 0.687. The first-order chi connectivity index (χ1) is 12.1. The highest BCUT2D eigenvalue weighted by Gasteiger charge is 2.24. The lowest BCUT2D eigenvalue weighted by atomic mass is 10.1. The molecule has 1 fully saturated rings. The summed E-state index contributed by atoms with van der Waals surface area (Å²) in [6.45, 7) is 10.6. The molecule has 136 valence electrons. The maximum Gasteiger partial charge on any atom is 0.193 e. The van der Waals surface area contributed by atoms with Gasteiger partial charge in [0.25, 0.3) is 0 Å². The van der Waals surface area contributed by atoms with Crippen molar-refractivity contribution >= 4 is 28.8 Å². The fraction of sp³-hybridized carbons (Fsp3) is 0.579. The Bertz CT molecular complexity index is 736. The van der Waals surface area contributed by atoms with Gasteiger partial charge in [-0.05, 0) is 25.0 Å². The molecule has 25 heavy (non-hydrogen) atoms. The van der Waals surface area contributed by atoms with E-state index in [9.17, 15) is 0 Å². The van der Waals surface area contributed by atoms with E-state index in [2.05, 4.69) is 75.5 Å². The highest BCUT2D eigenvalue weighted by molar-refractivity contribution is 8.00. The molecule has 0 amide bonds. The van der Waals surface area contributed by atoms with E-state index in [1.165, 1.54) is 11.3 Å². The molecule has 5 nitrogen and oxygen atoms in total. The number of thioether (sulfide) groups is 1. The zero-order chi connectivity index (χ0) is 17.8. The molecular formula is C19H29N5S. The average molecular weight is 360 g/mol. The summed E-state index contributed by atoms with van der Waals surface area (Å²) >= 11 is 2.09. The van der Waals surface area contributed by atoms with E-state index in [4.69, 9.17) is 0 Å². The van der Waals surface area contributed by atoms with Gasteiger partial charge in [-0.3, -0.25) is 4.99 Å². The van der Waals surface area contributed by atoms with Crippen molar-refractivity contribution in [2.24, 2.45) is 10.9 Å². The van der Waals surface area contributed by atoms with Crippen molar-refractivity contribution in [2.75, 3.05) is 32.4 Å². The van der Waals surface area contributed by atoms with Gasteiger partial charge in [0, 0.05) is 44.2 Å². The van der Waals surface area contributed by atoms with Gasteiger partial charge in [-0.25, -0.2) is 4.98 Å². The fourth-order valence-corrected chi connectivity index (χ4v) is 4.66. The van der Waals surface area contributed by atoms with Crippen LogP contribution in [0.15, 0.2) is 29.3 Å². The Labute approximate surface area is 154 Å². The molecule has 0 spiro atoms. The number of benzene rings is 1. The minimum absolute atomic E-state index is 0.687. The molecule has 6 heteroatoms. The maximum atomic E-state index is 4.64. The summed E-state index contributed by atoms with van der Waals surface area (Å²) in [7, 11) is 1.88. The SMILES string of the molecule is CN=C(NCCn1c(C)nc2ccccc21)N1CCSC(C(C)C)C1. The molecule has 0 saturated carbocycles. The third kappa shape index (κ3) is 4.11. The van der Waals surface area contributed by atoms with Crippen molar-refractivity contribution in [3.8, 4) is 0 Å². The Morgan fingerprint density at radius 3 is 2.96 bits per heavy atom. The van der Waals surface area contributed by atoms with Crippen LogP contribution in [0.5, 0.6) is 0 Å². The number of aryl methyl sites for hydroxylation is 1. The molecule has 2 heterocycles. The molecule has 0 aliphatic carbocycles. The van der Waals surface area contributed by atoms with Crippen LogP contribution in [-0.4, -0.2) is 58.1 Å². The number of aliphatic imine (C=N–C) groups is 1. The lowest BCUT2D eigenvalue weighted by Gasteiger charge is -2.36. The lowest BCUT2D eigenvalue weighted by molar-refractivity contribution is 0.380. The van der Waals surface area contributed by atoms with Crippen molar-refractivity contribution in [1.29, 1.82) is 0 Å². The molecule has 1 aromatic carbocycles. The number of imidazole rings is 1. The number of aromatic nitrogens is 2. The van der Waals surface area contributed by atoms with Crippen molar-refractivity contribution in [3.63, 3.8) is 0 Å². The molecule has 1 N–H and O–H groups in total. The Kier molecular flexibility index (Phi) is 5.89. The first-order valence-corrected chi connectivity index (χ1v) is 10.1. The van der Waals surface area contributed by atoms with E-state index >= 15 is 0 Å². The van der Waals surface area contributed by atoms with Crippen LogP contribution < -0.4 is 5.32 Å². The van der Waals surface area contributed by atoms with E-state index in [0.717, 1.165) is 43.5 Å². The van der Waals surface area contributed by atoms with Crippen LogP contribution in [0.3, 0.4) is 0 Å². The van der Waals surface area contributed by atoms with Gasteiger partial charge in [-0.15, -0.1) is 0 Å². The molecule has 0 bridgehead atoms. The Morgan fingerprint density at radius 2 is 2.20 bits per heavy atom. The summed E-state index contributed by atoms with van der Waals surface area (Å²) in [5, 5.41) is 4.23. The van der Waals surface area contributed by atoms with Crippen molar-refractivity contribution in [3.05, 3.63) is 30.1 Å². The number of nitrogens with zero attached hydrogens (tertiary/aromatic N) is 4. The van der Waals surface area contributed by atoms with Gasteiger partial charge in [-0.1, -0.05) is 26.0 Å². The monoisotopic (exact) mass is 359 g/mol. The van der Waals surface area contributed by atoms with E-state index in [0.29, 0.717) is 11.2 Å². The van der Waals surface area contributed by atoms with Crippen molar-refractivity contribution in [2.45, 2.75) is 32.6 Å². The molecule has 0 radical (unpaired) electrons. The average Bonchev–Trinajstić information content (AvgIpc) is 2.94. The second-order valence-electron chi connectivity index (χ2n) is 6.87. The van der Waals surface area contributed by atoms with Crippen LogP contribution in [0.25, 0.3) is 11.0 Å². The zero-order valence-electron chi connectivity index (χ0n) is 15.7. The van der Waals surface area contributed by atoms with Gasteiger partial charge in [0.1, 0.15) is 5.82 Å². The predicted octanol–water partition coefficient (Wildman–Crippen LogP) is 2.99. The van der Waals surface area contributed by atoms with E-state index < -0.39 is 0 Å². The van der Waals surface area contributed by atoms with Gasteiger partial charge >= 0.3 is 0 Å². The summed E-state index contributed by atoms with van der Waals surface area (Å²) in [6, 6.07) is 8.32. The Hall–Kier alpha value is -1.69. The molecule has 1 aromatic heterocycles. The smallest absolute Gasteiger partial charge is 0.193 e. The van der Waals surface area contributed by atoms with Crippen LogP contribution in [0, 0.1) is 12.8 Å². The quantitative estimate of drug-likeness (QED) is 0.673. The molecule has 2 aromatic rings. The highest BCUT2D eigenvalue weighted by atomic mass is 32.2. The van der Waals surface area contributed by atoms with Crippen LogP contribution in [0.2, 0.25) is 0 Å². The van der Waals surface area contributed by atoms with Crippen LogP contribution in [0.1, 0.15) is 19.7 Å². The Balaban J connectivity index is 1.61. The first-order valence-electron chi connectivity index (χ1n) is 9.09. The molecule has 1 unspecified atom stereocenters. The zero-order valence-corrected chi connectivity index (χ0v) is 16.5. The third-order valence-electron chi connectivity index (χ3n) is 4.81. The number of guanidine groups is 1. The number of hydrogen-bond acceptors (Lipinski definition) is 3. The van der Waals surface area contributed by atoms with Crippen LogP contribution >= 0.6 is 11.8 Å². The molecule has 3 rings (SSSR count). The van der Waals surface area contributed by atoms with Gasteiger partial charge in [0.2, 0.25) is 0 Å². The third-order valence-corrected chi connectivity index (χ3v) is 6.35. The number of para-hydroxylation sites is 2. The highest BCUT2D eigenvalue weighted by Crippen LogP contribution is 2.24. The largest absolute Gasteiger partial charge is 0.354 e. The minimum Gasteiger partial charge on any atom is -0.354 e. The number of rotatable bonds is 4. The summed E-state index contributed by atoms with van der Waals surface area (Å²) < 4.78 is 2.28. The Morgan fingerprint density at radius 1 is 1.40 bits per heavy atom. The van der Waals surface area contributed by atoms with E-state index in [-0.39, 0.29) is 0 Å². The summed E-state index contributed by atoms with van der Waals surface area (Å²) in [6.07, 6.45) is 0. The normalized spacial score (nSPS) is 19.0. The van der Waals surface area contributed by atoms with Crippen molar-refractivity contribution < 1.29 is 0 Å². The first kappa shape index (κ1) is 18.1. The molecule has 1 aliphatic rings. The standard InChI is InChI=1S/C19H29N5S/c1-14(2)18-13-23(11-12-25-18)19(20-4)21-9-10-24-15(3)22-16-7-5-6-8-17(16)24/h5-8,14,18H,9-13H2,1-4H3,(H,20,21). The topological polar surface area (TPSA) is 45.5 Å². The van der Waals surface area contributed by atoms with Gasteiger partial charge in [0.15, 0.2) is 5.96 Å². The van der Waals surface area contributed by atoms with Gasteiger partial charge in [0.05, 0.1) is 11.0 Å². The maximum absolute atomic E-state index is 4.64. The predicted molar refractivity (Wildman–Crippen MR) is 108 cm³/mol. The summed E-state index contributed by atoms with van der Waals surface area (Å²) in [5.41, 5.74) is 2.27. The summed E-state index contributed by atoms with van der Waals surface area (Å²) in [5.74, 6) is 3.96. The van der Waals surface area contributed by atoms with Gasteiger partial charge in [-0.2, -0.15) is 11.8 Å². The number of hydrogen-bond donors (Lipinski definition) is 1. The molecular weight excluding hydrogens is 330 g/mol. The van der Waals surface area contributed by atoms with Crippen LogP contribution in [0.4, 0.5) is 0 Å².